The number of alkyl halides is 3. The number of halogens is 3. The number of nitrogens with two attached hydrogens (primary N) is 1. The van der Waals surface area contributed by atoms with E-state index in [4.69, 9.17) is 5.73 Å². The van der Waals surface area contributed by atoms with Gasteiger partial charge in [-0.05, 0) is 206 Å². The van der Waals surface area contributed by atoms with Gasteiger partial charge in [0.1, 0.15) is 0 Å². The average Bonchev–Trinajstić information content (AvgIpc) is 2.88. The first-order chi connectivity index (χ1) is 23.2. The van der Waals surface area contributed by atoms with E-state index in [-0.39, 0.29) is 5.54 Å². The monoisotopic (exact) mass is 790 g/mol. The third kappa shape index (κ3) is 69.4. The fraction of sp³-hybridized carbons (Fsp3) is 1.00. The third-order valence-electron chi connectivity index (χ3n) is 7.83. The van der Waals surface area contributed by atoms with Crippen LogP contribution in [0.15, 0.2) is 0 Å². The second-order valence-electron chi connectivity index (χ2n) is 21.0. The minimum absolute atomic E-state index is 0. The Morgan fingerprint density at radius 1 is 0.463 bits per heavy atom. The summed E-state index contributed by atoms with van der Waals surface area (Å²) in [5, 5.41) is 6.39. The van der Waals surface area contributed by atoms with Crippen LogP contribution in [-0.2, 0) is 0 Å². The molecule has 0 aromatic heterocycles. The molecule has 0 atom stereocenters. The first-order valence-electron chi connectivity index (χ1n) is 20.4. The van der Waals surface area contributed by atoms with E-state index in [0.29, 0.717) is 34.2 Å². The minimum atomic E-state index is -4.09. The molecule has 0 rings (SSSR count). The smallest absolute Gasteiger partial charge is 0.326 e. The van der Waals surface area contributed by atoms with Crippen molar-refractivity contribution in [2.45, 2.75) is 225 Å². The number of nitrogens with zero attached hydrogens (tertiary/aromatic N) is 4. The fourth-order valence-electron chi connectivity index (χ4n) is 3.22. The van der Waals surface area contributed by atoms with Gasteiger partial charge in [-0.15, -0.1) is 0 Å². The van der Waals surface area contributed by atoms with Gasteiger partial charge < -0.3 is 26.2 Å². The molecule has 7 nitrogen and oxygen atoms in total. The molecule has 0 radical (unpaired) electrons. The average molecular weight is 790 g/mol. The summed E-state index contributed by atoms with van der Waals surface area (Å²) in [6, 6.07) is 0. The van der Waals surface area contributed by atoms with Gasteiger partial charge in [0, 0.05) is 38.8 Å². The Morgan fingerprint density at radius 2 is 0.722 bits per heavy atom. The molecule has 0 aliphatic rings. The molecule has 0 fully saturated rings. The van der Waals surface area contributed by atoms with E-state index >= 15 is 0 Å². The summed E-state index contributed by atoms with van der Waals surface area (Å²) in [6.45, 7) is 58.6. The Bertz CT molecular complexity index is 786. The van der Waals surface area contributed by atoms with Crippen molar-refractivity contribution in [3.63, 3.8) is 0 Å². The van der Waals surface area contributed by atoms with Gasteiger partial charge in [-0.25, -0.2) is 0 Å². The van der Waals surface area contributed by atoms with Crippen molar-refractivity contribution in [2.24, 2.45) is 5.73 Å². The molecule has 0 bridgehead atoms. The maximum Gasteiger partial charge on any atom is 0.401 e. The lowest BCUT2D eigenvalue weighted by Gasteiger charge is -2.35. The maximum atomic E-state index is 12.0. The summed E-state index contributed by atoms with van der Waals surface area (Å²) in [5.41, 5.74) is 6.56. The second kappa shape index (κ2) is 30.6. The Kier molecular flexibility index (Phi) is 38.6. The lowest BCUT2D eigenvalue weighted by atomic mass is 10.1. The zero-order valence-electron chi connectivity index (χ0n) is 42.7. The molecule has 54 heavy (non-hydrogen) atoms. The Morgan fingerprint density at radius 3 is 0.741 bits per heavy atom. The van der Waals surface area contributed by atoms with Crippen LogP contribution >= 0.6 is 0 Å². The van der Waals surface area contributed by atoms with Crippen molar-refractivity contribution in [1.29, 1.82) is 0 Å². The van der Waals surface area contributed by atoms with Crippen LogP contribution < -0.4 is 16.4 Å². The molecule has 0 spiro atoms. The largest absolute Gasteiger partial charge is 0.401 e. The van der Waals surface area contributed by atoms with Crippen LogP contribution in [0.5, 0.6) is 0 Å². The van der Waals surface area contributed by atoms with Crippen LogP contribution in [0.25, 0.3) is 0 Å². The van der Waals surface area contributed by atoms with Crippen LogP contribution in [0.2, 0.25) is 0 Å². The molecule has 0 amide bonds. The number of nitrogens with one attached hydrogen (secondary N) is 2. The topological polar surface area (TPSA) is 63.0 Å². The molecule has 0 aliphatic heterocycles. The molecule has 10 heteroatoms. The minimum Gasteiger partial charge on any atom is -0.326 e. The lowest BCUT2D eigenvalue weighted by molar-refractivity contribution is -0.155. The van der Waals surface area contributed by atoms with E-state index in [1.807, 2.05) is 27.8 Å². The van der Waals surface area contributed by atoms with Gasteiger partial charge in [-0.1, -0.05) is 34.6 Å². The highest BCUT2D eigenvalue weighted by atomic mass is 19.4. The van der Waals surface area contributed by atoms with Crippen molar-refractivity contribution in [3.8, 4) is 0 Å². The van der Waals surface area contributed by atoms with Gasteiger partial charge in [-0.3, -0.25) is 9.80 Å². The van der Waals surface area contributed by atoms with Crippen molar-refractivity contribution < 1.29 is 13.2 Å². The van der Waals surface area contributed by atoms with Crippen LogP contribution in [0.3, 0.4) is 0 Å². The third-order valence-corrected chi connectivity index (χ3v) is 7.83. The molecule has 0 aromatic carbocycles. The molecular weight excluding hydrogens is 684 g/mol. The predicted molar refractivity (Wildman–Crippen MR) is 243 cm³/mol. The molecule has 0 heterocycles. The van der Waals surface area contributed by atoms with Crippen LogP contribution in [-0.4, -0.2) is 132 Å². The highest BCUT2D eigenvalue weighted by molar-refractivity contribution is 4.77. The zero-order chi connectivity index (χ0) is 46.0. The van der Waals surface area contributed by atoms with Crippen molar-refractivity contribution in [3.05, 3.63) is 0 Å². The molecule has 338 valence electrons. The van der Waals surface area contributed by atoms with Crippen molar-refractivity contribution in [1.82, 2.24) is 30.2 Å². The molecule has 0 aliphatic carbocycles. The molecule has 0 aromatic rings. The first kappa shape index (κ1) is 68.2. The van der Waals surface area contributed by atoms with Crippen LogP contribution in [0.1, 0.15) is 180 Å². The molecule has 4 N–H and O–H groups in total. The van der Waals surface area contributed by atoms with Gasteiger partial charge in [0.25, 0.3) is 0 Å². The van der Waals surface area contributed by atoms with E-state index in [1.165, 1.54) is 4.90 Å². The standard InChI is InChI=1S/C8H16F3N.C8H19N.C7H17N.2C6H15N.C5H13N.C4H11N/c1-5-12(7(2,3)4)6-8(9,10)11;1-6-9(7-2)8(3,4)5;1-6-8(5)7(2,3)4;1-6(2,3)7(4)5;1-5-7-6(2,3)4;1-5(2,3)6-4;1-4(2,3)5/h5-6H2,1-4H3;6-7H2,1-5H3;6H2,1-5H3;1-5H3;7H,5H2,1-4H3;6H,1-4H3;5H2,1-3H3. The highest BCUT2D eigenvalue weighted by Gasteiger charge is 2.34. The Labute approximate surface area is 340 Å². The second-order valence-corrected chi connectivity index (χ2v) is 21.0. The number of rotatable bonds is 6. The first-order valence-corrected chi connectivity index (χ1v) is 20.4. The van der Waals surface area contributed by atoms with Crippen LogP contribution in [0, 0.1) is 0 Å². The summed E-state index contributed by atoms with van der Waals surface area (Å²) in [5.74, 6) is 0. The van der Waals surface area contributed by atoms with E-state index < -0.39 is 18.3 Å². The van der Waals surface area contributed by atoms with E-state index in [9.17, 15) is 13.2 Å². The van der Waals surface area contributed by atoms with Gasteiger partial charge in [0.05, 0.1) is 6.54 Å². The summed E-state index contributed by atoms with van der Waals surface area (Å²) < 4.78 is 35.9. The molecule has 0 saturated heterocycles. The molecule has 0 unspecified atom stereocenters. The number of hydrogen-bond acceptors (Lipinski definition) is 7. The predicted octanol–water partition coefficient (Wildman–Crippen LogP) is 11.0. The van der Waals surface area contributed by atoms with Crippen LogP contribution in [0.4, 0.5) is 13.2 Å². The fourth-order valence-corrected chi connectivity index (χ4v) is 3.22. The van der Waals surface area contributed by atoms with Gasteiger partial charge >= 0.3 is 6.18 Å². The van der Waals surface area contributed by atoms with E-state index in [0.717, 1.165) is 26.2 Å². The van der Waals surface area contributed by atoms with E-state index in [2.05, 4.69) is 178 Å². The van der Waals surface area contributed by atoms with Gasteiger partial charge in [0.15, 0.2) is 0 Å². The summed E-state index contributed by atoms with van der Waals surface area (Å²) in [7, 11) is 8.26. The molecular formula is C44H106F3N7. The van der Waals surface area contributed by atoms with Gasteiger partial charge in [0.2, 0.25) is 0 Å². The van der Waals surface area contributed by atoms with Gasteiger partial charge in [-0.2, -0.15) is 13.2 Å². The Hall–Kier alpha value is -0.490. The lowest BCUT2D eigenvalue weighted by Crippen LogP contribution is -2.46. The SMILES string of the molecule is CC(C)(C)N.CCN(C)C(C)(C)C.CCN(CC(F)(F)F)C(C)(C)C.CCN(CC)C(C)(C)C.CCNC(C)(C)C.CN(C)C(C)(C)C.CNC(C)(C)C. The van der Waals surface area contributed by atoms with E-state index in [1.54, 1.807) is 27.7 Å². The van der Waals surface area contributed by atoms with Crippen molar-refractivity contribution in [2.75, 3.05) is 67.5 Å². The normalized spacial score (nSPS) is 12.8. The quantitative estimate of drug-likeness (QED) is 0.248. The summed E-state index contributed by atoms with van der Waals surface area (Å²) in [6.07, 6.45) is -4.09. The highest BCUT2D eigenvalue weighted by Crippen LogP contribution is 2.22. The summed E-state index contributed by atoms with van der Waals surface area (Å²) in [4.78, 5) is 8.33. The Balaban J connectivity index is -0.0000000971. The van der Waals surface area contributed by atoms with Crippen molar-refractivity contribution >= 4 is 0 Å². The molecule has 0 saturated carbocycles. The maximum absolute atomic E-state index is 12.0. The number of hydrogen-bond donors (Lipinski definition) is 3. The zero-order valence-corrected chi connectivity index (χ0v) is 42.7. The summed E-state index contributed by atoms with van der Waals surface area (Å²) >= 11 is 0.